The lowest BCUT2D eigenvalue weighted by Crippen LogP contribution is -2.42. The Morgan fingerprint density at radius 3 is 2.85 bits per heavy atom. The fourth-order valence-corrected chi connectivity index (χ4v) is 5.99. The fraction of sp³-hybridized carbons (Fsp3) is 0.684. The van der Waals surface area contributed by atoms with Crippen molar-refractivity contribution in [1.82, 2.24) is 9.80 Å². The Kier molecular flexibility index (Phi) is 4.79. The molecule has 1 aromatic rings. The fourth-order valence-electron chi connectivity index (χ4n) is 4.86. The molecule has 2 saturated heterocycles. The third-order valence-electron chi connectivity index (χ3n) is 6.30. The van der Waals surface area contributed by atoms with Gasteiger partial charge in [0, 0.05) is 45.8 Å². The lowest BCUT2D eigenvalue weighted by molar-refractivity contribution is -0.148. The summed E-state index contributed by atoms with van der Waals surface area (Å²) in [6.45, 7) is 3.44. The second kappa shape index (κ2) is 6.94. The van der Waals surface area contributed by atoms with Crippen LogP contribution in [-0.2, 0) is 22.4 Å². The first kappa shape index (κ1) is 17.9. The zero-order valence-electron chi connectivity index (χ0n) is 15.2. The SMILES string of the molecule is COCCN1C[C@H]2CN(C(=O)c3scc4c3CCCC4)C[C@@]2(C(=O)O)C1. The van der Waals surface area contributed by atoms with Gasteiger partial charge >= 0.3 is 5.97 Å². The van der Waals surface area contributed by atoms with E-state index in [-0.39, 0.29) is 11.8 Å². The minimum absolute atomic E-state index is 0.00315. The molecule has 0 bridgehead atoms. The van der Waals surface area contributed by atoms with E-state index in [4.69, 9.17) is 4.74 Å². The predicted octanol–water partition coefficient (Wildman–Crippen LogP) is 1.73. The van der Waals surface area contributed by atoms with Crippen LogP contribution in [0.25, 0.3) is 0 Å². The highest BCUT2D eigenvalue weighted by Crippen LogP contribution is 2.44. The summed E-state index contributed by atoms with van der Waals surface area (Å²) in [5, 5.41) is 12.1. The second-order valence-electron chi connectivity index (χ2n) is 7.85. The molecular weight excluding hydrogens is 352 g/mol. The van der Waals surface area contributed by atoms with Crippen LogP contribution in [0.2, 0.25) is 0 Å². The molecule has 1 aliphatic carbocycles. The molecule has 0 saturated carbocycles. The number of amides is 1. The van der Waals surface area contributed by atoms with Crippen molar-refractivity contribution in [3.63, 3.8) is 0 Å². The van der Waals surface area contributed by atoms with Crippen molar-refractivity contribution >= 4 is 23.2 Å². The molecule has 2 aliphatic heterocycles. The van der Waals surface area contributed by atoms with Crippen molar-refractivity contribution in [2.24, 2.45) is 11.3 Å². The number of likely N-dealkylation sites (tertiary alicyclic amines) is 2. The standard InChI is InChI=1S/C19H26N2O4S/c1-25-7-6-20-8-14-9-21(12-19(14,11-20)18(23)24)17(22)16-15-5-3-2-4-13(15)10-26-16/h10,14H,2-9,11-12H2,1H3,(H,23,24)/t14-,19-/m0/s1. The van der Waals surface area contributed by atoms with E-state index in [1.165, 1.54) is 17.5 Å². The number of hydrogen-bond acceptors (Lipinski definition) is 5. The van der Waals surface area contributed by atoms with Crippen molar-refractivity contribution in [3.8, 4) is 0 Å². The minimum Gasteiger partial charge on any atom is -0.481 e. The van der Waals surface area contributed by atoms with Gasteiger partial charge in [0.15, 0.2) is 0 Å². The molecule has 3 heterocycles. The summed E-state index contributed by atoms with van der Waals surface area (Å²) in [4.78, 5) is 30.1. The summed E-state index contributed by atoms with van der Waals surface area (Å²) in [5.74, 6) is -0.737. The van der Waals surface area contributed by atoms with E-state index in [1.807, 2.05) is 0 Å². The number of methoxy groups -OCH3 is 1. The Hall–Kier alpha value is -1.44. The van der Waals surface area contributed by atoms with E-state index in [9.17, 15) is 14.7 Å². The summed E-state index contributed by atoms with van der Waals surface area (Å²) in [5.41, 5.74) is 1.71. The average molecular weight is 378 g/mol. The van der Waals surface area contributed by atoms with E-state index in [0.29, 0.717) is 26.2 Å². The Labute approximate surface area is 157 Å². The van der Waals surface area contributed by atoms with Crippen molar-refractivity contribution in [2.75, 3.05) is 46.4 Å². The maximum Gasteiger partial charge on any atom is 0.313 e. The molecule has 0 spiro atoms. The van der Waals surface area contributed by atoms with Crippen LogP contribution in [0, 0.1) is 11.3 Å². The van der Waals surface area contributed by atoms with Gasteiger partial charge in [0.1, 0.15) is 5.41 Å². The number of carboxylic acids is 1. The summed E-state index contributed by atoms with van der Waals surface area (Å²) < 4.78 is 5.13. The van der Waals surface area contributed by atoms with Crippen molar-refractivity contribution in [3.05, 3.63) is 21.4 Å². The highest BCUT2D eigenvalue weighted by molar-refractivity contribution is 7.12. The molecule has 0 radical (unpaired) electrons. The van der Waals surface area contributed by atoms with Crippen LogP contribution < -0.4 is 0 Å². The van der Waals surface area contributed by atoms with Crippen LogP contribution >= 0.6 is 11.3 Å². The number of thiophene rings is 1. The first-order chi connectivity index (χ1) is 12.5. The Bertz CT molecular complexity index is 718. The number of carboxylic acid groups (broad SMARTS) is 1. The van der Waals surface area contributed by atoms with Gasteiger partial charge in [-0.25, -0.2) is 0 Å². The third kappa shape index (κ3) is 2.86. The number of aliphatic carboxylic acids is 1. The molecule has 1 N–H and O–H groups in total. The molecule has 3 aliphatic rings. The van der Waals surface area contributed by atoms with Gasteiger partial charge in [-0.3, -0.25) is 14.5 Å². The van der Waals surface area contributed by atoms with Crippen molar-refractivity contribution in [1.29, 1.82) is 0 Å². The molecule has 6 nitrogen and oxygen atoms in total. The molecular formula is C19H26N2O4S. The van der Waals surface area contributed by atoms with Gasteiger partial charge in [-0.15, -0.1) is 11.3 Å². The third-order valence-corrected chi connectivity index (χ3v) is 7.36. The van der Waals surface area contributed by atoms with Gasteiger partial charge in [-0.2, -0.15) is 0 Å². The van der Waals surface area contributed by atoms with Gasteiger partial charge in [0.2, 0.25) is 0 Å². The number of hydrogen-bond donors (Lipinski definition) is 1. The van der Waals surface area contributed by atoms with Crippen LogP contribution in [0.3, 0.4) is 0 Å². The summed E-state index contributed by atoms with van der Waals surface area (Å²) in [7, 11) is 1.66. The van der Waals surface area contributed by atoms with Gasteiger partial charge in [-0.05, 0) is 42.2 Å². The van der Waals surface area contributed by atoms with Gasteiger partial charge < -0.3 is 14.7 Å². The number of ether oxygens (including phenoxy) is 1. The summed E-state index contributed by atoms with van der Waals surface area (Å²) in [6, 6.07) is 0. The average Bonchev–Trinajstić information content (AvgIpc) is 3.30. The number of fused-ring (bicyclic) bond motifs is 2. The van der Waals surface area contributed by atoms with Crippen LogP contribution in [0.15, 0.2) is 5.38 Å². The van der Waals surface area contributed by atoms with Crippen LogP contribution in [-0.4, -0.2) is 73.2 Å². The largest absolute Gasteiger partial charge is 0.481 e. The Morgan fingerprint density at radius 1 is 1.31 bits per heavy atom. The van der Waals surface area contributed by atoms with Crippen LogP contribution in [0.5, 0.6) is 0 Å². The molecule has 142 valence electrons. The minimum atomic E-state index is -0.833. The van der Waals surface area contributed by atoms with Gasteiger partial charge in [0.05, 0.1) is 11.5 Å². The molecule has 0 unspecified atom stereocenters. The maximum atomic E-state index is 13.1. The van der Waals surface area contributed by atoms with Crippen LogP contribution in [0.1, 0.15) is 33.6 Å². The van der Waals surface area contributed by atoms with Gasteiger partial charge in [-0.1, -0.05) is 0 Å². The number of rotatable bonds is 5. The van der Waals surface area contributed by atoms with E-state index in [2.05, 4.69) is 10.3 Å². The van der Waals surface area contributed by atoms with Crippen molar-refractivity contribution < 1.29 is 19.4 Å². The number of aryl methyl sites for hydroxylation is 1. The molecule has 7 heteroatoms. The second-order valence-corrected chi connectivity index (χ2v) is 8.73. The number of carbonyl (C=O) groups excluding carboxylic acids is 1. The maximum absolute atomic E-state index is 13.1. The van der Waals surface area contributed by atoms with E-state index >= 15 is 0 Å². The smallest absolute Gasteiger partial charge is 0.313 e. The molecule has 1 aromatic heterocycles. The zero-order chi connectivity index (χ0) is 18.3. The topological polar surface area (TPSA) is 70.1 Å². The highest BCUT2D eigenvalue weighted by Gasteiger charge is 2.58. The Morgan fingerprint density at radius 2 is 2.12 bits per heavy atom. The normalized spacial score (nSPS) is 28.2. The van der Waals surface area contributed by atoms with Crippen molar-refractivity contribution in [2.45, 2.75) is 25.7 Å². The van der Waals surface area contributed by atoms with E-state index in [1.54, 1.807) is 23.3 Å². The predicted molar refractivity (Wildman–Crippen MR) is 98.7 cm³/mol. The molecule has 2 atom stereocenters. The zero-order valence-corrected chi connectivity index (χ0v) is 16.0. The van der Waals surface area contributed by atoms with Gasteiger partial charge in [0.25, 0.3) is 5.91 Å². The molecule has 2 fully saturated rings. The lowest BCUT2D eigenvalue weighted by Gasteiger charge is -2.25. The lowest BCUT2D eigenvalue weighted by atomic mass is 9.81. The first-order valence-corrected chi connectivity index (χ1v) is 10.3. The molecule has 0 aromatic carbocycles. The Balaban J connectivity index is 1.52. The molecule has 4 rings (SSSR count). The van der Waals surface area contributed by atoms with Crippen LogP contribution in [0.4, 0.5) is 0 Å². The molecule has 1 amide bonds. The number of nitrogens with zero attached hydrogens (tertiary/aromatic N) is 2. The highest BCUT2D eigenvalue weighted by atomic mass is 32.1. The molecule has 26 heavy (non-hydrogen) atoms. The monoisotopic (exact) mass is 378 g/mol. The first-order valence-electron chi connectivity index (χ1n) is 9.38. The summed E-state index contributed by atoms with van der Waals surface area (Å²) >= 11 is 1.54. The number of carbonyl (C=O) groups is 2. The quantitative estimate of drug-likeness (QED) is 0.845. The van der Waals surface area contributed by atoms with E-state index in [0.717, 1.165) is 37.2 Å². The summed E-state index contributed by atoms with van der Waals surface area (Å²) in [6.07, 6.45) is 4.38. The van der Waals surface area contributed by atoms with E-state index < -0.39 is 11.4 Å².